The van der Waals surface area contributed by atoms with Crippen LogP contribution in [0.3, 0.4) is 0 Å². The molecule has 0 rings (SSSR count). The van der Waals surface area contributed by atoms with E-state index in [-0.39, 0.29) is 0 Å². The summed E-state index contributed by atoms with van der Waals surface area (Å²) in [7, 11) is 2.17. The van der Waals surface area contributed by atoms with Crippen molar-refractivity contribution in [3.63, 3.8) is 0 Å². The molecule has 0 spiro atoms. The fourth-order valence-corrected chi connectivity index (χ4v) is 0.790. The average Bonchev–Trinajstić information content (AvgIpc) is 2.07. The Morgan fingerprint density at radius 3 is 1.91 bits per heavy atom. The first kappa shape index (κ1) is 13.5. The van der Waals surface area contributed by atoms with Gasteiger partial charge in [0.15, 0.2) is 0 Å². The van der Waals surface area contributed by atoms with Crippen molar-refractivity contribution in [2.45, 2.75) is 41.0 Å². The van der Waals surface area contributed by atoms with Crippen molar-refractivity contribution in [3.8, 4) is 0 Å². The number of nitrogens with zero attached hydrogens (tertiary/aromatic N) is 1. The molecule has 0 aliphatic rings. The van der Waals surface area contributed by atoms with Gasteiger partial charge in [0.25, 0.3) is 0 Å². The minimum absolute atomic E-state index is 0.856. The highest BCUT2D eigenvalue weighted by molar-refractivity contribution is 4.54. The Balaban J connectivity index is 0. The quantitative estimate of drug-likeness (QED) is 0.609. The van der Waals surface area contributed by atoms with E-state index in [1.807, 2.05) is 13.8 Å². The second-order valence-corrected chi connectivity index (χ2v) is 2.87. The van der Waals surface area contributed by atoms with E-state index in [1.165, 1.54) is 19.5 Å². The summed E-state index contributed by atoms with van der Waals surface area (Å²) >= 11 is 0. The molecule has 0 N–H and O–H groups in total. The van der Waals surface area contributed by atoms with Crippen LogP contribution in [0.5, 0.6) is 0 Å². The highest BCUT2D eigenvalue weighted by atomic mass is 15.1. The molecule has 0 aromatic carbocycles. The van der Waals surface area contributed by atoms with E-state index in [0.717, 1.165) is 5.92 Å². The van der Waals surface area contributed by atoms with Gasteiger partial charge in [-0.05, 0) is 19.5 Å². The molecule has 0 heterocycles. The fraction of sp³-hybridized carbons (Fsp3) is 1.00. The maximum Gasteiger partial charge on any atom is 0.000375 e. The van der Waals surface area contributed by atoms with Gasteiger partial charge in [0.05, 0.1) is 0 Å². The largest absolute Gasteiger partial charge is 0.306 e. The maximum absolute atomic E-state index is 2.36. The van der Waals surface area contributed by atoms with Crippen LogP contribution in [-0.4, -0.2) is 25.0 Å². The van der Waals surface area contributed by atoms with Crippen molar-refractivity contribution in [1.29, 1.82) is 0 Å². The van der Waals surface area contributed by atoms with Gasteiger partial charge in [-0.25, -0.2) is 0 Å². The van der Waals surface area contributed by atoms with Crippen molar-refractivity contribution in [2.24, 2.45) is 5.92 Å². The van der Waals surface area contributed by atoms with Gasteiger partial charge in [-0.15, -0.1) is 0 Å². The molecule has 1 nitrogen and oxygen atoms in total. The second kappa shape index (κ2) is 9.96. The molecule has 0 saturated heterocycles. The number of rotatable bonds is 4. The first-order chi connectivity index (χ1) is 5.20. The summed E-state index contributed by atoms with van der Waals surface area (Å²) in [4.78, 5) is 2.36. The molecule has 0 amide bonds. The summed E-state index contributed by atoms with van der Waals surface area (Å²) in [6.07, 6.45) is 1.30. The van der Waals surface area contributed by atoms with E-state index in [0.29, 0.717) is 0 Å². The topological polar surface area (TPSA) is 3.24 Å². The molecule has 0 bridgehead atoms. The van der Waals surface area contributed by atoms with Gasteiger partial charge in [0.2, 0.25) is 0 Å². The van der Waals surface area contributed by atoms with Crippen LogP contribution in [0.1, 0.15) is 41.0 Å². The zero-order valence-electron chi connectivity index (χ0n) is 9.15. The molecule has 70 valence electrons. The highest BCUT2D eigenvalue weighted by Gasteiger charge is 2.00. The summed E-state index contributed by atoms with van der Waals surface area (Å²) in [5, 5.41) is 0. The predicted octanol–water partition coefficient (Wildman–Crippen LogP) is 3.01. The molecule has 0 fully saturated rings. The van der Waals surface area contributed by atoms with Crippen LogP contribution in [0.4, 0.5) is 0 Å². The van der Waals surface area contributed by atoms with Crippen LogP contribution in [0.15, 0.2) is 0 Å². The summed E-state index contributed by atoms with van der Waals surface area (Å²) in [6.45, 7) is 13.2. The first-order valence-corrected chi connectivity index (χ1v) is 4.89. The third kappa shape index (κ3) is 9.96. The Labute approximate surface area is 72.8 Å². The Bertz CT molecular complexity index is 53.9. The first-order valence-electron chi connectivity index (χ1n) is 4.89. The standard InChI is InChI=1S/C8H19N.C2H6/c1-5-8(3)7-9(4)6-2;1-2/h8H,5-7H2,1-4H3;1-2H3. The monoisotopic (exact) mass is 159 g/mol. The van der Waals surface area contributed by atoms with E-state index in [1.54, 1.807) is 0 Å². The Morgan fingerprint density at radius 2 is 1.64 bits per heavy atom. The van der Waals surface area contributed by atoms with Crippen LogP contribution >= 0.6 is 0 Å². The molecule has 0 saturated carbocycles. The summed E-state index contributed by atoms with van der Waals surface area (Å²) in [5.41, 5.74) is 0. The van der Waals surface area contributed by atoms with Gasteiger partial charge in [-0.3, -0.25) is 0 Å². The van der Waals surface area contributed by atoms with Crippen LogP contribution < -0.4 is 0 Å². The number of hydrogen-bond donors (Lipinski definition) is 0. The third-order valence-electron chi connectivity index (χ3n) is 1.86. The number of hydrogen-bond acceptors (Lipinski definition) is 1. The smallest absolute Gasteiger partial charge is 0.000375 e. The zero-order chi connectivity index (χ0) is 9.28. The lowest BCUT2D eigenvalue weighted by Gasteiger charge is -2.17. The van der Waals surface area contributed by atoms with Gasteiger partial charge in [0.1, 0.15) is 0 Å². The van der Waals surface area contributed by atoms with Crippen molar-refractivity contribution in [1.82, 2.24) is 4.90 Å². The van der Waals surface area contributed by atoms with E-state index in [9.17, 15) is 0 Å². The Kier molecular flexibility index (Phi) is 12.3. The predicted molar refractivity (Wildman–Crippen MR) is 54.0 cm³/mol. The lowest BCUT2D eigenvalue weighted by atomic mass is 10.1. The van der Waals surface area contributed by atoms with Gasteiger partial charge in [0, 0.05) is 6.54 Å². The minimum atomic E-state index is 0.856. The minimum Gasteiger partial charge on any atom is -0.306 e. The molecule has 1 atom stereocenters. The maximum atomic E-state index is 2.36. The lowest BCUT2D eigenvalue weighted by Crippen LogP contribution is -2.23. The molecule has 1 unspecified atom stereocenters. The van der Waals surface area contributed by atoms with Crippen molar-refractivity contribution < 1.29 is 0 Å². The van der Waals surface area contributed by atoms with Gasteiger partial charge in [-0.1, -0.05) is 41.0 Å². The lowest BCUT2D eigenvalue weighted by molar-refractivity contribution is 0.295. The molecule has 0 aliphatic carbocycles. The SMILES string of the molecule is CC.CCC(C)CN(C)CC. The molecular weight excluding hydrogens is 134 g/mol. The molecule has 0 aliphatic heterocycles. The Hall–Kier alpha value is -0.0400. The van der Waals surface area contributed by atoms with Crippen molar-refractivity contribution >= 4 is 0 Å². The van der Waals surface area contributed by atoms with Crippen molar-refractivity contribution in [3.05, 3.63) is 0 Å². The van der Waals surface area contributed by atoms with Gasteiger partial charge >= 0.3 is 0 Å². The van der Waals surface area contributed by atoms with Crippen LogP contribution in [-0.2, 0) is 0 Å². The zero-order valence-corrected chi connectivity index (χ0v) is 9.15. The van der Waals surface area contributed by atoms with E-state index in [2.05, 4.69) is 32.7 Å². The van der Waals surface area contributed by atoms with E-state index < -0.39 is 0 Å². The fourth-order valence-electron chi connectivity index (χ4n) is 0.790. The van der Waals surface area contributed by atoms with Crippen molar-refractivity contribution in [2.75, 3.05) is 20.1 Å². The molecular formula is C10H25N. The molecule has 11 heavy (non-hydrogen) atoms. The highest BCUT2D eigenvalue weighted by Crippen LogP contribution is 2.01. The Morgan fingerprint density at radius 1 is 1.18 bits per heavy atom. The van der Waals surface area contributed by atoms with Gasteiger partial charge < -0.3 is 4.90 Å². The molecule has 0 aromatic heterocycles. The summed E-state index contributed by atoms with van der Waals surface area (Å²) in [6, 6.07) is 0. The second-order valence-electron chi connectivity index (χ2n) is 2.87. The third-order valence-corrected chi connectivity index (χ3v) is 1.86. The average molecular weight is 159 g/mol. The van der Waals surface area contributed by atoms with Gasteiger partial charge in [-0.2, -0.15) is 0 Å². The van der Waals surface area contributed by atoms with Crippen LogP contribution in [0, 0.1) is 5.92 Å². The van der Waals surface area contributed by atoms with Crippen LogP contribution in [0.25, 0.3) is 0 Å². The molecule has 0 aromatic rings. The summed E-state index contributed by atoms with van der Waals surface area (Å²) < 4.78 is 0. The normalized spacial score (nSPS) is 12.3. The molecule has 1 heteroatoms. The summed E-state index contributed by atoms with van der Waals surface area (Å²) in [5.74, 6) is 0.856. The van der Waals surface area contributed by atoms with Crippen LogP contribution in [0.2, 0.25) is 0 Å². The van der Waals surface area contributed by atoms with E-state index in [4.69, 9.17) is 0 Å². The molecule has 0 radical (unpaired) electrons. The van der Waals surface area contributed by atoms with E-state index >= 15 is 0 Å².